The van der Waals surface area contributed by atoms with Crippen molar-refractivity contribution in [1.82, 2.24) is 9.97 Å². The number of ether oxygens (including phenoxy) is 1. The van der Waals surface area contributed by atoms with Crippen molar-refractivity contribution in [3.63, 3.8) is 0 Å². The highest BCUT2D eigenvalue weighted by atomic mass is 35.5. The Morgan fingerprint density at radius 1 is 1.08 bits per heavy atom. The standard InChI is InChI=1S/C19H17ClN4O2/c1-12-7-8-17(26-2)16(9-12)24-19-21-10-13(11-22-19)18(25)23-15-6-4-3-5-14(15)20/h3-11H,1-2H3,(H,23,25)(H,21,22,24). The molecule has 0 radical (unpaired) electrons. The van der Waals surface area contributed by atoms with Crippen molar-refractivity contribution in [2.24, 2.45) is 0 Å². The minimum absolute atomic E-state index is 0.326. The minimum atomic E-state index is -0.335. The van der Waals surface area contributed by atoms with E-state index in [0.717, 1.165) is 11.3 Å². The molecule has 0 unspecified atom stereocenters. The van der Waals surface area contributed by atoms with E-state index >= 15 is 0 Å². The normalized spacial score (nSPS) is 10.3. The Hall–Kier alpha value is -3.12. The van der Waals surface area contributed by atoms with Crippen LogP contribution in [0.2, 0.25) is 5.02 Å². The Balaban J connectivity index is 1.73. The smallest absolute Gasteiger partial charge is 0.258 e. The summed E-state index contributed by atoms with van der Waals surface area (Å²) in [5.41, 5.74) is 2.68. The first kappa shape index (κ1) is 17.7. The Bertz CT molecular complexity index is 929. The monoisotopic (exact) mass is 368 g/mol. The van der Waals surface area contributed by atoms with Crippen LogP contribution in [0.25, 0.3) is 0 Å². The first-order valence-corrected chi connectivity index (χ1v) is 8.24. The number of carbonyl (C=O) groups is 1. The molecule has 1 heterocycles. The quantitative estimate of drug-likeness (QED) is 0.696. The fraction of sp³-hybridized carbons (Fsp3) is 0.105. The van der Waals surface area contributed by atoms with Crippen LogP contribution < -0.4 is 15.4 Å². The van der Waals surface area contributed by atoms with E-state index in [2.05, 4.69) is 20.6 Å². The van der Waals surface area contributed by atoms with Gasteiger partial charge in [0, 0.05) is 12.4 Å². The van der Waals surface area contributed by atoms with E-state index in [1.54, 1.807) is 31.4 Å². The maximum atomic E-state index is 12.3. The SMILES string of the molecule is COc1ccc(C)cc1Nc1ncc(C(=O)Nc2ccccc2Cl)cn1. The molecule has 26 heavy (non-hydrogen) atoms. The number of benzene rings is 2. The molecule has 0 saturated carbocycles. The number of anilines is 3. The lowest BCUT2D eigenvalue weighted by Gasteiger charge is -2.11. The third-order valence-electron chi connectivity index (χ3n) is 3.64. The third kappa shape index (κ3) is 4.10. The zero-order valence-electron chi connectivity index (χ0n) is 14.3. The molecule has 0 saturated heterocycles. The van der Waals surface area contributed by atoms with Gasteiger partial charge in [0.15, 0.2) is 0 Å². The predicted octanol–water partition coefficient (Wildman–Crippen LogP) is 4.44. The van der Waals surface area contributed by atoms with Crippen LogP contribution in [-0.4, -0.2) is 23.0 Å². The van der Waals surface area contributed by atoms with E-state index in [1.165, 1.54) is 12.4 Å². The number of amides is 1. The lowest BCUT2D eigenvalue weighted by atomic mass is 10.2. The van der Waals surface area contributed by atoms with Gasteiger partial charge in [-0.15, -0.1) is 0 Å². The van der Waals surface area contributed by atoms with Gasteiger partial charge in [0.2, 0.25) is 5.95 Å². The summed E-state index contributed by atoms with van der Waals surface area (Å²) in [6.45, 7) is 1.98. The number of methoxy groups -OCH3 is 1. The molecule has 1 amide bonds. The van der Waals surface area contributed by atoms with Gasteiger partial charge in [-0.25, -0.2) is 9.97 Å². The number of carbonyl (C=O) groups excluding carboxylic acids is 1. The molecule has 3 rings (SSSR count). The van der Waals surface area contributed by atoms with E-state index in [1.807, 2.05) is 25.1 Å². The van der Waals surface area contributed by atoms with Gasteiger partial charge in [0.05, 0.1) is 29.1 Å². The molecule has 7 heteroatoms. The lowest BCUT2D eigenvalue weighted by Crippen LogP contribution is -2.13. The highest BCUT2D eigenvalue weighted by Gasteiger charge is 2.10. The lowest BCUT2D eigenvalue weighted by molar-refractivity contribution is 0.102. The number of aryl methyl sites for hydroxylation is 1. The summed E-state index contributed by atoms with van der Waals surface area (Å²) in [7, 11) is 1.60. The van der Waals surface area contributed by atoms with Crippen molar-refractivity contribution in [2.45, 2.75) is 6.92 Å². The molecule has 2 N–H and O–H groups in total. The number of para-hydroxylation sites is 1. The summed E-state index contributed by atoms with van der Waals surface area (Å²) >= 11 is 6.04. The molecule has 0 atom stereocenters. The number of hydrogen-bond donors (Lipinski definition) is 2. The van der Waals surface area contributed by atoms with E-state index in [4.69, 9.17) is 16.3 Å². The van der Waals surface area contributed by atoms with Gasteiger partial charge in [-0.1, -0.05) is 29.8 Å². The molecular formula is C19H17ClN4O2. The largest absolute Gasteiger partial charge is 0.495 e. The summed E-state index contributed by atoms with van der Waals surface area (Å²) in [5.74, 6) is 0.709. The number of nitrogens with zero attached hydrogens (tertiary/aromatic N) is 2. The number of aromatic nitrogens is 2. The number of nitrogens with one attached hydrogen (secondary N) is 2. The molecule has 2 aromatic carbocycles. The molecule has 1 aromatic heterocycles. The van der Waals surface area contributed by atoms with Crippen LogP contribution in [0.15, 0.2) is 54.9 Å². The van der Waals surface area contributed by atoms with Crippen molar-refractivity contribution >= 4 is 34.8 Å². The maximum absolute atomic E-state index is 12.3. The third-order valence-corrected chi connectivity index (χ3v) is 3.97. The number of rotatable bonds is 5. The van der Waals surface area contributed by atoms with Crippen LogP contribution in [-0.2, 0) is 0 Å². The molecule has 0 spiro atoms. The second kappa shape index (κ2) is 7.84. The van der Waals surface area contributed by atoms with E-state index in [0.29, 0.717) is 28.0 Å². The second-order valence-corrected chi connectivity index (χ2v) is 5.97. The average Bonchev–Trinajstić information content (AvgIpc) is 2.64. The summed E-state index contributed by atoms with van der Waals surface area (Å²) in [6.07, 6.45) is 2.90. The summed E-state index contributed by atoms with van der Waals surface area (Å²) < 4.78 is 5.32. The fourth-order valence-electron chi connectivity index (χ4n) is 2.31. The number of halogens is 1. The Morgan fingerprint density at radius 3 is 2.50 bits per heavy atom. The highest BCUT2D eigenvalue weighted by molar-refractivity contribution is 6.33. The molecule has 0 fully saturated rings. The van der Waals surface area contributed by atoms with Crippen molar-refractivity contribution < 1.29 is 9.53 Å². The van der Waals surface area contributed by atoms with E-state index in [-0.39, 0.29) is 5.91 Å². The van der Waals surface area contributed by atoms with Crippen LogP contribution in [0, 0.1) is 6.92 Å². The molecule has 0 bridgehead atoms. The van der Waals surface area contributed by atoms with Gasteiger partial charge in [-0.05, 0) is 36.8 Å². The zero-order chi connectivity index (χ0) is 18.5. The maximum Gasteiger partial charge on any atom is 0.258 e. The van der Waals surface area contributed by atoms with Crippen molar-refractivity contribution in [2.75, 3.05) is 17.7 Å². The average molecular weight is 369 g/mol. The molecular weight excluding hydrogens is 352 g/mol. The molecule has 132 valence electrons. The van der Waals surface area contributed by atoms with Crippen molar-refractivity contribution in [1.29, 1.82) is 0 Å². The highest BCUT2D eigenvalue weighted by Crippen LogP contribution is 2.27. The van der Waals surface area contributed by atoms with Gasteiger partial charge in [-0.3, -0.25) is 4.79 Å². The van der Waals surface area contributed by atoms with Crippen LogP contribution >= 0.6 is 11.6 Å². The van der Waals surface area contributed by atoms with Crippen LogP contribution in [0.4, 0.5) is 17.3 Å². The van der Waals surface area contributed by atoms with Crippen molar-refractivity contribution in [3.8, 4) is 5.75 Å². The summed E-state index contributed by atoms with van der Waals surface area (Å²) in [5, 5.41) is 6.28. The Labute approximate surface area is 156 Å². The minimum Gasteiger partial charge on any atom is -0.495 e. The van der Waals surface area contributed by atoms with Gasteiger partial charge in [-0.2, -0.15) is 0 Å². The summed E-state index contributed by atoms with van der Waals surface area (Å²) in [6, 6.07) is 12.8. The fourth-order valence-corrected chi connectivity index (χ4v) is 2.49. The topological polar surface area (TPSA) is 76.1 Å². The van der Waals surface area contributed by atoms with Gasteiger partial charge in [0.1, 0.15) is 5.75 Å². The van der Waals surface area contributed by atoms with Gasteiger partial charge < -0.3 is 15.4 Å². The van der Waals surface area contributed by atoms with E-state index < -0.39 is 0 Å². The molecule has 0 aliphatic heterocycles. The van der Waals surface area contributed by atoms with Gasteiger partial charge >= 0.3 is 0 Å². The Morgan fingerprint density at radius 2 is 1.81 bits per heavy atom. The first-order chi connectivity index (χ1) is 12.6. The van der Waals surface area contributed by atoms with E-state index in [9.17, 15) is 4.79 Å². The van der Waals surface area contributed by atoms with Crippen LogP contribution in [0.3, 0.4) is 0 Å². The number of hydrogen-bond acceptors (Lipinski definition) is 5. The zero-order valence-corrected chi connectivity index (χ0v) is 15.0. The summed E-state index contributed by atoms with van der Waals surface area (Å²) in [4.78, 5) is 20.7. The molecule has 0 aliphatic carbocycles. The van der Waals surface area contributed by atoms with Crippen molar-refractivity contribution in [3.05, 3.63) is 71.0 Å². The van der Waals surface area contributed by atoms with Gasteiger partial charge in [0.25, 0.3) is 5.91 Å². The molecule has 3 aromatic rings. The van der Waals surface area contributed by atoms with Crippen LogP contribution in [0.1, 0.15) is 15.9 Å². The molecule has 0 aliphatic rings. The Kier molecular flexibility index (Phi) is 5.34. The first-order valence-electron chi connectivity index (χ1n) is 7.86. The predicted molar refractivity (Wildman–Crippen MR) is 102 cm³/mol. The second-order valence-electron chi connectivity index (χ2n) is 5.56. The van der Waals surface area contributed by atoms with Crippen LogP contribution in [0.5, 0.6) is 5.75 Å². The molecule has 6 nitrogen and oxygen atoms in total.